The zero-order chi connectivity index (χ0) is 16.0. The summed E-state index contributed by atoms with van der Waals surface area (Å²) in [5.74, 6) is -0.840. The molecule has 1 aromatic rings. The smallest absolute Gasteiger partial charge is 0.270 e. The lowest BCUT2D eigenvalue weighted by Crippen LogP contribution is -2.37. The van der Waals surface area contributed by atoms with E-state index >= 15 is 0 Å². The number of non-ortho nitro benzene ring substituents is 1. The second-order valence-corrected chi connectivity index (χ2v) is 4.01. The van der Waals surface area contributed by atoms with E-state index in [0.717, 1.165) is 12.1 Å². The Morgan fingerprint density at radius 1 is 1.52 bits per heavy atom. The molecule has 0 fully saturated rings. The first-order valence-electron chi connectivity index (χ1n) is 5.91. The molecule has 1 aromatic carbocycles. The molecular formula is C12H14F2N2O5. The normalized spacial score (nSPS) is 10.5. The number of alkyl halides is 2. The highest BCUT2D eigenvalue weighted by atomic mass is 19.3. The van der Waals surface area contributed by atoms with Crippen LogP contribution in [-0.2, 0) is 0 Å². The maximum atomic E-state index is 12.5. The van der Waals surface area contributed by atoms with E-state index in [4.69, 9.17) is 9.84 Å². The van der Waals surface area contributed by atoms with Crippen molar-refractivity contribution < 1.29 is 28.3 Å². The largest absolute Gasteiger partial charge is 0.496 e. The number of halogens is 2. The van der Waals surface area contributed by atoms with Crippen molar-refractivity contribution in [3.63, 3.8) is 0 Å². The van der Waals surface area contributed by atoms with Crippen LogP contribution in [0.25, 0.3) is 0 Å². The van der Waals surface area contributed by atoms with Gasteiger partial charge in [0, 0.05) is 18.7 Å². The number of nitro benzene ring substituents is 1. The van der Waals surface area contributed by atoms with Gasteiger partial charge < -0.3 is 14.7 Å². The molecule has 0 radical (unpaired) electrons. The Balaban J connectivity index is 3.17. The number of rotatable bonds is 7. The van der Waals surface area contributed by atoms with Crippen molar-refractivity contribution in [3.8, 4) is 5.75 Å². The number of carbonyl (C=O) groups excluding carboxylic acids is 1. The maximum absolute atomic E-state index is 12.5. The Kier molecular flexibility index (Phi) is 5.97. The summed E-state index contributed by atoms with van der Waals surface area (Å²) in [6.45, 7) is -1.70. The zero-order valence-electron chi connectivity index (χ0n) is 11.2. The average molecular weight is 304 g/mol. The van der Waals surface area contributed by atoms with Gasteiger partial charge in [0.15, 0.2) is 0 Å². The maximum Gasteiger partial charge on any atom is 0.270 e. The summed E-state index contributed by atoms with van der Waals surface area (Å²) in [7, 11) is 1.25. The number of ether oxygens (including phenoxy) is 1. The predicted molar refractivity (Wildman–Crippen MR) is 68.6 cm³/mol. The molecule has 1 rings (SSSR count). The number of nitro groups is 1. The molecule has 0 bridgehead atoms. The molecule has 9 heteroatoms. The number of hydrogen-bond acceptors (Lipinski definition) is 5. The van der Waals surface area contributed by atoms with Crippen molar-refractivity contribution in [3.05, 3.63) is 33.9 Å². The molecule has 0 aliphatic heterocycles. The first-order valence-corrected chi connectivity index (χ1v) is 5.91. The highest BCUT2D eigenvalue weighted by molar-refractivity contribution is 5.97. The summed E-state index contributed by atoms with van der Waals surface area (Å²) < 4.78 is 29.8. The van der Waals surface area contributed by atoms with Gasteiger partial charge in [0.25, 0.3) is 18.0 Å². The van der Waals surface area contributed by atoms with Crippen LogP contribution in [-0.4, -0.2) is 54.1 Å². The Hall–Kier alpha value is -2.29. The van der Waals surface area contributed by atoms with Gasteiger partial charge in [-0.3, -0.25) is 14.9 Å². The second kappa shape index (κ2) is 7.48. The molecule has 0 saturated carbocycles. The van der Waals surface area contributed by atoms with Gasteiger partial charge >= 0.3 is 0 Å². The molecule has 1 N–H and O–H groups in total. The number of aliphatic hydroxyl groups excluding tert-OH is 1. The Bertz CT molecular complexity index is 524. The molecule has 21 heavy (non-hydrogen) atoms. The minimum absolute atomic E-state index is 0.0304. The lowest BCUT2D eigenvalue weighted by Gasteiger charge is -2.22. The molecule has 0 aliphatic rings. The lowest BCUT2D eigenvalue weighted by atomic mass is 10.1. The van der Waals surface area contributed by atoms with E-state index in [1.165, 1.54) is 13.2 Å². The first-order chi connectivity index (χ1) is 9.90. The number of carbonyl (C=O) groups is 1. The fourth-order valence-corrected chi connectivity index (χ4v) is 1.71. The van der Waals surface area contributed by atoms with Gasteiger partial charge in [-0.2, -0.15) is 0 Å². The number of nitrogens with zero attached hydrogens (tertiary/aromatic N) is 2. The van der Waals surface area contributed by atoms with E-state index in [0.29, 0.717) is 4.90 Å². The van der Waals surface area contributed by atoms with Crippen molar-refractivity contribution in [2.45, 2.75) is 6.43 Å². The topological polar surface area (TPSA) is 92.9 Å². The van der Waals surface area contributed by atoms with E-state index in [1.807, 2.05) is 0 Å². The molecule has 0 saturated heterocycles. The van der Waals surface area contributed by atoms with E-state index in [9.17, 15) is 23.7 Å². The third kappa shape index (κ3) is 4.35. The standard InChI is InChI=1S/C12H14F2N2O5/c1-21-10-3-2-8(16(19)20)6-9(10)12(18)15(4-5-17)7-11(13)14/h2-3,6,11,17H,4-5,7H2,1H3. The summed E-state index contributed by atoms with van der Waals surface area (Å²) >= 11 is 0. The predicted octanol–water partition coefficient (Wildman–Crippen LogP) is 1.30. The summed E-state index contributed by atoms with van der Waals surface area (Å²) in [5, 5.41) is 19.6. The van der Waals surface area contributed by atoms with Crippen molar-refractivity contribution in [2.75, 3.05) is 26.8 Å². The highest BCUT2D eigenvalue weighted by Crippen LogP contribution is 2.25. The Morgan fingerprint density at radius 3 is 2.67 bits per heavy atom. The zero-order valence-corrected chi connectivity index (χ0v) is 11.2. The van der Waals surface area contributed by atoms with Crippen molar-refractivity contribution in [1.82, 2.24) is 4.90 Å². The van der Waals surface area contributed by atoms with Crippen molar-refractivity contribution in [2.24, 2.45) is 0 Å². The Morgan fingerprint density at radius 2 is 2.19 bits per heavy atom. The molecular weight excluding hydrogens is 290 g/mol. The van der Waals surface area contributed by atoms with Gasteiger partial charge in [-0.25, -0.2) is 8.78 Å². The van der Waals surface area contributed by atoms with Crippen molar-refractivity contribution in [1.29, 1.82) is 0 Å². The van der Waals surface area contributed by atoms with Crippen LogP contribution in [0.4, 0.5) is 14.5 Å². The molecule has 0 aromatic heterocycles. The fourth-order valence-electron chi connectivity index (χ4n) is 1.71. The number of methoxy groups -OCH3 is 1. The van der Waals surface area contributed by atoms with Gasteiger partial charge in [0.05, 0.1) is 30.7 Å². The van der Waals surface area contributed by atoms with Crippen LogP contribution >= 0.6 is 0 Å². The molecule has 0 unspecified atom stereocenters. The van der Waals surface area contributed by atoms with Crippen LogP contribution in [0, 0.1) is 10.1 Å². The molecule has 0 heterocycles. The van der Waals surface area contributed by atoms with Crippen LogP contribution in [0.5, 0.6) is 5.75 Å². The average Bonchev–Trinajstić information content (AvgIpc) is 2.44. The summed E-state index contributed by atoms with van der Waals surface area (Å²) in [6.07, 6.45) is -2.79. The number of amides is 1. The van der Waals surface area contributed by atoms with Crippen molar-refractivity contribution >= 4 is 11.6 Å². The molecule has 0 spiro atoms. The van der Waals surface area contributed by atoms with Crippen LogP contribution in [0.3, 0.4) is 0 Å². The molecule has 0 aliphatic carbocycles. The minimum Gasteiger partial charge on any atom is -0.496 e. The fraction of sp³-hybridized carbons (Fsp3) is 0.417. The molecule has 0 atom stereocenters. The second-order valence-electron chi connectivity index (χ2n) is 4.01. The van der Waals surface area contributed by atoms with E-state index < -0.39 is 30.4 Å². The third-order valence-electron chi connectivity index (χ3n) is 2.64. The van der Waals surface area contributed by atoms with Gasteiger partial charge in [-0.1, -0.05) is 0 Å². The minimum atomic E-state index is -2.79. The van der Waals surface area contributed by atoms with E-state index in [-0.39, 0.29) is 23.5 Å². The van der Waals surface area contributed by atoms with Crippen LogP contribution in [0.2, 0.25) is 0 Å². The van der Waals surface area contributed by atoms with E-state index in [2.05, 4.69) is 0 Å². The van der Waals surface area contributed by atoms with Crippen LogP contribution in [0.15, 0.2) is 18.2 Å². The lowest BCUT2D eigenvalue weighted by molar-refractivity contribution is -0.384. The monoisotopic (exact) mass is 304 g/mol. The number of hydrogen-bond donors (Lipinski definition) is 1. The number of benzene rings is 1. The Labute approximate surface area is 118 Å². The van der Waals surface area contributed by atoms with Crippen LogP contribution < -0.4 is 4.74 Å². The quantitative estimate of drug-likeness (QED) is 0.605. The van der Waals surface area contributed by atoms with Gasteiger partial charge in [-0.15, -0.1) is 0 Å². The first kappa shape index (κ1) is 16.8. The van der Waals surface area contributed by atoms with Crippen LogP contribution in [0.1, 0.15) is 10.4 Å². The van der Waals surface area contributed by atoms with Gasteiger partial charge in [0.1, 0.15) is 5.75 Å². The highest BCUT2D eigenvalue weighted by Gasteiger charge is 2.24. The third-order valence-corrected chi connectivity index (χ3v) is 2.64. The summed E-state index contributed by atoms with van der Waals surface area (Å²) in [4.78, 5) is 22.9. The number of aliphatic hydroxyl groups is 1. The summed E-state index contributed by atoms with van der Waals surface area (Å²) in [5.41, 5.74) is -0.569. The van der Waals surface area contributed by atoms with E-state index in [1.54, 1.807) is 0 Å². The summed E-state index contributed by atoms with van der Waals surface area (Å²) in [6, 6.07) is 3.31. The molecule has 1 amide bonds. The van der Waals surface area contributed by atoms with Gasteiger partial charge in [-0.05, 0) is 6.07 Å². The van der Waals surface area contributed by atoms with Gasteiger partial charge in [0.2, 0.25) is 0 Å². The SMILES string of the molecule is COc1ccc([N+](=O)[O-])cc1C(=O)N(CCO)CC(F)F. The molecule has 116 valence electrons. The molecule has 7 nitrogen and oxygen atoms in total.